The van der Waals surface area contributed by atoms with Crippen molar-refractivity contribution in [1.82, 2.24) is 19.5 Å². The predicted octanol–water partition coefficient (Wildman–Crippen LogP) is 3.71. The van der Waals surface area contributed by atoms with Crippen molar-refractivity contribution in [3.05, 3.63) is 54.7 Å². The van der Waals surface area contributed by atoms with Crippen molar-refractivity contribution in [3.63, 3.8) is 0 Å². The summed E-state index contributed by atoms with van der Waals surface area (Å²) in [4.78, 5) is 15.4. The van der Waals surface area contributed by atoms with Crippen LogP contribution < -0.4 is 20.3 Å². The molecular formula is C21H25ClN8O2S. The van der Waals surface area contributed by atoms with E-state index in [0.29, 0.717) is 17.5 Å². The standard InChI is InChI=1S/C21H24N8O2S.ClH/c1-22-21-25-17-13-16(9-10-18(17)29(21)3)28(2)19-11-12-23-20(26-19)24-14-5-7-15(8-6-14)27-32(4,30)31;/h5-13,27H,1-4H3,(H,22,25)(H,23,24,26);1H. The Kier molecular flexibility index (Phi) is 6.94. The molecule has 0 unspecified atom stereocenters. The molecule has 10 nitrogen and oxygen atoms in total. The number of fused-ring (bicyclic) bond motifs is 1. The van der Waals surface area contributed by atoms with Gasteiger partial charge in [-0.1, -0.05) is 0 Å². The normalized spacial score (nSPS) is 11.0. The SMILES string of the molecule is CNc1nc2cc(N(C)c3ccnc(Nc4ccc(NS(C)(=O)=O)cc4)n3)ccc2n1C.Cl. The molecule has 0 saturated carbocycles. The van der Waals surface area contributed by atoms with Crippen LogP contribution in [0.2, 0.25) is 0 Å². The van der Waals surface area contributed by atoms with Crippen molar-refractivity contribution in [2.24, 2.45) is 7.05 Å². The van der Waals surface area contributed by atoms with E-state index in [0.717, 1.165) is 34.6 Å². The Bertz CT molecular complexity index is 1370. The maximum absolute atomic E-state index is 11.3. The number of hydrogen-bond acceptors (Lipinski definition) is 8. The third kappa shape index (κ3) is 5.44. The molecule has 12 heteroatoms. The first-order valence-corrected chi connectivity index (χ1v) is 11.7. The Morgan fingerprint density at radius 3 is 2.36 bits per heavy atom. The second kappa shape index (κ2) is 9.51. The van der Waals surface area contributed by atoms with Crippen molar-refractivity contribution in [2.45, 2.75) is 0 Å². The highest BCUT2D eigenvalue weighted by Crippen LogP contribution is 2.28. The van der Waals surface area contributed by atoms with Crippen molar-refractivity contribution in [2.75, 3.05) is 40.6 Å². The van der Waals surface area contributed by atoms with E-state index < -0.39 is 10.0 Å². The van der Waals surface area contributed by atoms with E-state index in [1.807, 2.05) is 54.9 Å². The van der Waals surface area contributed by atoms with Gasteiger partial charge in [-0.3, -0.25) is 4.72 Å². The number of aryl methyl sites for hydroxylation is 1. The van der Waals surface area contributed by atoms with Gasteiger partial charge in [-0.25, -0.2) is 18.4 Å². The van der Waals surface area contributed by atoms with E-state index in [1.165, 1.54) is 0 Å². The first-order chi connectivity index (χ1) is 15.2. The summed E-state index contributed by atoms with van der Waals surface area (Å²) in [5, 5.41) is 6.22. The zero-order valence-corrected chi connectivity index (χ0v) is 20.2. The number of nitrogens with zero attached hydrogens (tertiary/aromatic N) is 5. The monoisotopic (exact) mass is 488 g/mol. The molecule has 0 saturated heterocycles. The molecular weight excluding hydrogens is 464 g/mol. The summed E-state index contributed by atoms with van der Waals surface area (Å²) in [5.41, 5.74) is 4.08. The molecule has 0 radical (unpaired) electrons. The topological polar surface area (TPSA) is 117 Å². The summed E-state index contributed by atoms with van der Waals surface area (Å²) in [7, 11) is 2.43. The fourth-order valence-corrected chi connectivity index (χ4v) is 3.88. The molecule has 3 N–H and O–H groups in total. The molecule has 4 rings (SSSR count). The highest BCUT2D eigenvalue weighted by atomic mass is 35.5. The molecule has 4 aromatic rings. The van der Waals surface area contributed by atoms with Gasteiger partial charge in [0, 0.05) is 44.4 Å². The number of aromatic nitrogens is 4. The zero-order valence-electron chi connectivity index (χ0n) is 18.6. The fraction of sp³-hybridized carbons (Fsp3) is 0.190. The second-order valence-corrected chi connectivity index (χ2v) is 9.04. The maximum atomic E-state index is 11.3. The number of halogens is 1. The summed E-state index contributed by atoms with van der Waals surface area (Å²) in [6.07, 6.45) is 2.79. The smallest absolute Gasteiger partial charge is 0.229 e. The lowest BCUT2D eigenvalue weighted by Gasteiger charge is -2.19. The minimum absolute atomic E-state index is 0. The highest BCUT2D eigenvalue weighted by Gasteiger charge is 2.12. The fourth-order valence-electron chi connectivity index (χ4n) is 3.31. The lowest BCUT2D eigenvalue weighted by molar-refractivity contribution is 0.607. The first-order valence-electron chi connectivity index (χ1n) is 9.79. The van der Waals surface area contributed by atoms with Crippen LogP contribution in [0.15, 0.2) is 54.7 Å². The third-order valence-corrected chi connectivity index (χ3v) is 5.51. The van der Waals surface area contributed by atoms with Crippen molar-refractivity contribution >= 4 is 68.2 Å². The number of rotatable bonds is 7. The number of benzene rings is 2. The third-order valence-electron chi connectivity index (χ3n) is 4.90. The first kappa shape index (κ1) is 24.1. The number of hydrogen-bond donors (Lipinski definition) is 3. The van der Waals surface area contributed by atoms with Crippen LogP contribution in [0.4, 0.5) is 34.8 Å². The lowest BCUT2D eigenvalue weighted by Crippen LogP contribution is -2.12. The van der Waals surface area contributed by atoms with Gasteiger partial charge in [0.15, 0.2) is 0 Å². The summed E-state index contributed by atoms with van der Waals surface area (Å²) in [5.74, 6) is 1.93. The van der Waals surface area contributed by atoms with Crippen LogP contribution in [0.25, 0.3) is 11.0 Å². The molecule has 0 fully saturated rings. The van der Waals surface area contributed by atoms with Crippen LogP contribution in [0.5, 0.6) is 0 Å². The van der Waals surface area contributed by atoms with Gasteiger partial charge in [-0.2, -0.15) is 4.98 Å². The van der Waals surface area contributed by atoms with Gasteiger partial charge in [0.25, 0.3) is 0 Å². The molecule has 0 aliphatic carbocycles. The molecule has 2 aromatic carbocycles. The maximum Gasteiger partial charge on any atom is 0.229 e. The molecule has 0 atom stereocenters. The van der Waals surface area contributed by atoms with Gasteiger partial charge in [0.05, 0.1) is 17.3 Å². The molecule has 2 heterocycles. The Hall–Kier alpha value is -3.57. The summed E-state index contributed by atoms with van der Waals surface area (Å²) >= 11 is 0. The molecule has 174 valence electrons. The Labute approximate surface area is 198 Å². The minimum atomic E-state index is -3.32. The van der Waals surface area contributed by atoms with E-state index in [1.54, 1.807) is 30.5 Å². The summed E-state index contributed by atoms with van der Waals surface area (Å²) in [6.45, 7) is 0. The van der Waals surface area contributed by atoms with Crippen molar-refractivity contribution in [3.8, 4) is 0 Å². The van der Waals surface area contributed by atoms with Crippen LogP contribution in [0.3, 0.4) is 0 Å². The van der Waals surface area contributed by atoms with E-state index in [2.05, 4.69) is 30.3 Å². The van der Waals surface area contributed by atoms with Crippen molar-refractivity contribution < 1.29 is 8.42 Å². The van der Waals surface area contributed by atoms with Crippen LogP contribution in [-0.4, -0.2) is 48.3 Å². The number of anilines is 6. The summed E-state index contributed by atoms with van der Waals surface area (Å²) in [6, 6.07) is 14.7. The van der Waals surface area contributed by atoms with Crippen LogP contribution in [-0.2, 0) is 17.1 Å². The average molecular weight is 489 g/mol. The van der Waals surface area contributed by atoms with Gasteiger partial charge in [-0.05, 0) is 48.5 Å². The number of sulfonamides is 1. The predicted molar refractivity (Wildman–Crippen MR) is 136 cm³/mol. The molecule has 0 aliphatic rings. The van der Waals surface area contributed by atoms with Gasteiger partial charge >= 0.3 is 0 Å². The van der Waals surface area contributed by atoms with E-state index in [4.69, 9.17) is 0 Å². The van der Waals surface area contributed by atoms with Crippen LogP contribution in [0.1, 0.15) is 0 Å². The highest BCUT2D eigenvalue weighted by molar-refractivity contribution is 7.92. The summed E-state index contributed by atoms with van der Waals surface area (Å²) < 4.78 is 27.1. The van der Waals surface area contributed by atoms with Gasteiger partial charge in [-0.15, -0.1) is 12.4 Å². The molecule has 0 aliphatic heterocycles. The Morgan fingerprint density at radius 1 is 1.00 bits per heavy atom. The van der Waals surface area contributed by atoms with E-state index in [9.17, 15) is 8.42 Å². The second-order valence-electron chi connectivity index (χ2n) is 7.29. The van der Waals surface area contributed by atoms with Crippen molar-refractivity contribution in [1.29, 1.82) is 0 Å². The molecule has 0 bridgehead atoms. The number of imidazole rings is 1. The molecule has 33 heavy (non-hydrogen) atoms. The van der Waals surface area contributed by atoms with Crippen LogP contribution in [0, 0.1) is 0 Å². The lowest BCUT2D eigenvalue weighted by atomic mass is 10.2. The average Bonchev–Trinajstić information content (AvgIpc) is 3.09. The van der Waals surface area contributed by atoms with Gasteiger partial charge in [0.2, 0.25) is 21.9 Å². The quantitative estimate of drug-likeness (QED) is 0.360. The zero-order chi connectivity index (χ0) is 22.9. The Morgan fingerprint density at radius 2 is 1.70 bits per heavy atom. The van der Waals surface area contributed by atoms with Gasteiger partial charge in [0.1, 0.15) is 5.82 Å². The Balaban J connectivity index is 0.00000306. The number of nitrogens with one attached hydrogen (secondary N) is 3. The molecule has 0 amide bonds. The molecule has 0 spiro atoms. The van der Waals surface area contributed by atoms with Gasteiger partial charge < -0.3 is 20.1 Å². The van der Waals surface area contributed by atoms with E-state index >= 15 is 0 Å². The molecule has 2 aromatic heterocycles. The van der Waals surface area contributed by atoms with Crippen LogP contribution >= 0.6 is 12.4 Å². The largest absolute Gasteiger partial charge is 0.359 e. The van der Waals surface area contributed by atoms with E-state index in [-0.39, 0.29) is 12.4 Å². The minimum Gasteiger partial charge on any atom is -0.359 e.